The molecule has 5 heteroatoms. The summed E-state index contributed by atoms with van der Waals surface area (Å²) in [5, 5.41) is 0. The lowest BCUT2D eigenvalue weighted by atomic mass is 10.6. The van der Waals surface area contributed by atoms with Crippen LogP contribution in [0.5, 0.6) is 0 Å². The Labute approximate surface area is 71.2 Å². The number of hydrogen-bond donors (Lipinski definition) is 1. The van der Waals surface area contributed by atoms with Gasteiger partial charge in [0.1, 0.15) is 0 Å². The van der Waals surface area contributed by atoms with Crippen molar-refractivity contribution in [2.45, 2.75) is 0 Å². The molecule has 0 aromatic rings. The molecular weight excluding hydrogens is 162 g/mol. The van der Waals surface area contributed by atoms with E-state index in [0.29, 0.717) is 13.2 Å². The van der Waals surface area contributed by atoms with Crippen molar-refractivity contribution in [2.24, 2.45) is 0 Å². The van der Waals surface area contributed by atoms with E-state index in [2.05, 4.69) is 10.2 Å². The molecule has 70 valence electrons. The number of carbonyl (C=O) groups is 1. The number of ether oxygens (including phenoxy) is 2. The number of hydrogen-bond acceptors (Lipinski definition) is 5. The fourth-order valence-electron chi connectivity index (χ4n) is 0.402. The van der Waals surface area contributed by atoms with Gasteiger partial charge >= 0.3 is 5.97 Å². The third kappa shape index (κ3) is 7.04. The first-order valence-electron chi connectivity index (χ1n) is 3.42. The van der Waals surface area contributed by atoms with Crippen molar-refractivity contribution >= 4 is 5.97 Å². The van der Waals surface area contributed by atoms with Crippen molar-refractivity contribution in [2.75, 3.05) is 27.4 Å². The number of esters is 1. The molecule has 5 nitrogen and oxygen atoms in total. The summed E-state index contributed by atoms with van der Waals surface area (Å²) in [7, 11) is 2.88. The van der Waals surface area contributed by atoms with E-state index >= 15 is 0 Å². The van der Waals surface area contributed by atoms with Crippen molar-refractivity contribution in [1.82, 2.24) is 5.48 Å². The highest BCUT2D eigenvalue weighted by Crippen LogP contribution is 1.75. The fourth-order valence-corrected chi connectivity index (χ4v) is 0.402. The van der Waals surface area contributed by atoms with E-state index in [1.807, 2.05) is 0 Å². The maximum absolute atomic E-state index is 10.5. The first-order chi connectivity index (χ1) is 5.81. The molecule has 1 N–H and O–H groups in total. The van der Waals surface area contributed by atoms with Gasteiger partial charge in [0.05, 0.1) is 20.3 Å². The van der Waals surface area contributed by atoms with Gasteiger partial charge < -0.3 is 9.47 Å². The van der Waals surface area contributed by atoms with Crippen LogP contribution in [0.1, 0.15) is 0 Å². The summed E-state index contributed by atoms with van der Waals surface area (Å²) in [5.41, 5.74) is 2.42. The summed E-state index contributed by atoms with van der Waals surface area (Å²) in [6.45, 7) is 0.918. The van der Waals surface area contributed by atoms with Gasteiger partial charge in [-0.2, -0.15) is 0 Å². The van der Waals surface area contributed by atoms with Crippen molar-refractivity contribution in [3.8, 4) is 0 Å². The molecule has 12 heavy (non-hydrogen) atoms. The van der Waals surface area contributed by atoms with E-state index < -0.39 is 5.97 Å². The predicted molar refractivity (Wildman–Crippen MR) is 42.1 cm³/mol. The van der Waals surface area contributed by atoms with Gasteiger partial charge in [-0.1, -0.05) is 0 Å². The molecule has 0 rings (SSSR count). The van der Waals surface area contributed by atoms with Crippen molar-refractivity contribution in [3.05, 3.63) is 12.3 Å². The number of rotatable bonds is 6. The minimum atomic E-state index is -0.433. The zero-order valence-electron chi connectivity index (χ0n) is 7.20. The van der Waals surface area contributed by atoms with Crippen LogP contribution in [0, 0.1) is 0 Å². The summed E-state index contributed by atoms with van der Waals surface area (Å²) in [5.74, 6) is -0.433. The number of hydroxylamine groups is 1. The molecule has 0 fully saturated rings. The van der Waals surface area contributed by atoms with Gasteiger partial charge in [-0.3, -0.25) is 10.3 Å². The van der Waals surface area contributed by atoms with Crippen molar-refractivity contribution in [3.63, 3.8) is 0 Å². The summed E-state index contributed by atoms with van der Waals surface area (Å²) in [4.78, 5) is 15.3. The van der Waals surface area contributed by atoms with Crippen LogP contribution in [0.3, 0.4) is 0 Å². The Balaban J connectivity index is 3.18. The Morgan fingerprint density at radius 2 is 2.17 bits per heavy atom. The number of methoxy groups -OCH3 is 2. The Morgan fingerprint density at radius 1 is 1.42 bits per heavy atom. The molecule has 0 heterocycles. The van der Waals surface area contributed by atoms with Gasteiger partial charge in [-0.15, -0.1) is 0 Å². The second-order valence-electron chi connectivity index (χ2n) is 1.82. The van der Waals surface area contributed by atoms with Crippen LogP contribution in [0.4, 0.5) is 0 Å². The number of carbonyl (C=O) groups excluding carboxylic acids is 1. The molecule has 0 saturated heterocycles. The summed E-state index contributed by atoms with van der Waals surface area (Å²) in [6.07, 6.45) is 2.56. The SMILES string of the molecule is COCCON/C=C/C(=O)OC. The fraction of sp³-hybridized carbons (Fsp3) is 0.571. The highest BCUT2D eigenvalue weighted by Gasteiger charge is 1.88. The normalized spacial score (nSPS) is 10.2. The van der Waals surface area contributed by atoms with E-state index in [1.54, 1.807) is 7.11 Å². The Bertz CT molecular complexity index is 146. The minimum absolute atomic E-state index is 0.419. The van der Waals surface area contributed by atoms with Crippen LogP contribution in [-0.4, -0.2) is 33.4 Å². The molecular formula is C7H13NO4. The Kier molecular flexibility index (Phi) is 7.31. The second-order valence-corrected chi connectivity index (χ2v) is 1.82. The number of nitrogens with one attached hydrogen (secondary N) is 1. The first-order valence-corrected chi connectivity index (χ1v) is 3.42. The standard InChI is InChI=1S/C7H13NO4/c1-10-5-6-12-8-4-3-7(9)11-2/h3-4,8H,5-6H2,1-2H3/b4-3+. The zero-order chi connectivity index (χ0) is 9.23. The molecule has 0 radical (unpaired) electrons. The summed E-state index contributed by atoms with van der Waals surface area (Å²) in [6, 6.07) is 0. The van der Waals surface area contributed by atoms with Gasteiger partial charge in [0, 0.05) is 19.4 Å². The highest BCUT2D eigenvalue weighted by atomic mass is 16.7. The summed E-state index contributed by atoms with van der Waals surface area (Å²) < 4.78 is 9.04. The van der Waals surface area contributed by atoms with Gasteiger partial charge in [0.25, 0.3) is 0 Å². The molecule has 0 spiro atoms. The van der Waals surface area contributed by atoms with Gasteiger partial charge in [-0.05, 0) is 0 Å². The van der Waals surface area contributed by atoms with Gasteiger partial charge in [-0.25, -0.2) is 4.79 Å². The molecule has 0 aromatic heterocycles. The quantitative estimate of drug-likeness (QED) is 0.263. The third-order valence-corrected chi connectivity index (χ3v) is 0.961. The third-order valence-electron chi connectivity index (χ3n) is 0.961. The van der Waals surface area contributed by atoms with Crippen LogP contribution < -0.4 is 5.48 Å². The lowest BCUT2D eigenvalue weighted by Gasteiger charge is -2.00. The molecule has 0 aliphatic rings. The van der Waals surface area contributed by atoms with E-state index in [1.165, 1.54) is 19.4 Å². The second kappa shape index (κ2) is 8.03. The monoisotopic (exact) mass is 175 g/mol. The molecule has 0 aliphatic carbocycles. The lowest BCUT2D eigenvalue weighted by molar-refractivity contribution is -0.134. The largest absolute Gasteiger partial charge is 0.466 e. The predicted octanol–water partition coefficient (Wildman–Crippen LogP) is -0.159. The van der Waals surface area contributed by atoms with E-state index in [9.17, 15) is 4.79 Å². The molecule has 0 bridgehead atoms. The molecule has 0 aliphatic heterocycles. The zero-order valence-corrected chi connectivity index (χ0v) is 7.20. The maximum atomic E-state index is 10.5. The Hall–Kier alpha value is -1.07. The van der Waals surface area contributed by atoms with E-state index in [4.69, 9.17) is 9.57 Å². The molecule has 0 amide bonds. The molecule has 0 atom stereocenters. The van der Waals surface area contributed by atoms with E-state index in [-0.39, 0.29) is 0 Å². The average Bonchev–Trinajstić information content (AvgIpc) is 2.10. The van der Waals surface area contributed by atoms with Gasteiger partial charge in [0.2, 0.25) is 0 Å². The van der Waals surface area contributed by atoms with Crippen LogP contribution in [-0.2, 0) is 19.1 Å². The van der Waals surface area contributed by atoms with Crippen LogP contribution in [0.15, 0.2) is 12.3 Å². The van der Waals surface area contributed by atoms with Crippen LogP contribution in [0.25, 0.3) is 0 Å². The lowest BCUT2D eigenvalue weighted by Crippen LogP contribution is -2.12. The van der Waals surface area contributed by atoms with Crippen molar-refractivity contribution < 1.29 is 19.1 Å². The topological polar surface area (TPSA) is 56.8 Å². The molecule has 0 aromatic carbocycles. The molecule has 0 saturated carbocycles. The van der Waals surface area contributed by atoms with Gasteiger partial charge in [0.15, 0.2) is 0 Å². The minimum Gasteiger partial charge on any atom is -0.466 e. The van der Waals surface area contributed by atoms with Crippen LogP contribution in [0.2, 0.25) is 0 Å². The molecule has 0 unspecified atom stereocenters. The average molecular weight is 175 g/mol. The Morgan fingerprint density at radius 3 is 2.75 bits per heavy atom. The highest BCUT2D eigenvalue weighted by molar-refractivity contribution is 5.81. The maximum Gasteiger partial charge on any atom is 0.332 e. The smallest absolute Gasteiger partial charge is 0.332 e. The first kappa shape index (κ1) is 10.9. The van der Waals surface area contributed by atoms with Crippen LogP contribution >= 0.6 is 0 Å². The van der Waals surface area contributed by atoms with Crippen molar-refractivity contribution in [1.29, 1.82) is 0 Å². The summed E-state index contributed by atoms with van der Waals surface area (Å²) >= 11 is 0. The van der Waals surface area contributed by atoms with E-state index in [0.717, 1.165) is 0 Å².